The fourth-order valence-electron chi connectivity index (χ4n) is 10.7. The summed E-state index contributed by atoms with van der Waals surface area (Å²) in [5, 5.41) is 14.8. The van der Waals surface area contributed by atoms with Crippen molar-refractivity contribution >= 4 is 52.9 Å². The van der Waals surface area contributed by atoms with Crippen molar-refractivity contribution in [3.05, 3.63) is 65.5 Å². The van der Waals surface area contributed by atoms with Crippen molar-refractivity contribution in [1.29, 1.82) is 0 Å². The van der Waals surface area contributed by atoms with E-state index in [1.54, 1.807) is 42.3 Å². The Kier molecular flexibility index (Phi) is 14.8. The molecule has 2 atom stereocenters. The molecule has 19 heteroatoms. The zero-order chi connectivity index (χ0) is 50.7. The number of hydrogen-bond donors (Lipinski definition) is 2. The lowest BCUT2D eigenvalue weighted by Gasteiger charge is -2.43. The normalized spacial score (nSPS) is 21.2. The van der Waals surface area contributed by atoms with Crippen LogP contribution in [-0.4, -0.2) is 128 Å². The maximum atomic E-state index is 13.6. The fourth-order valence-corrected chi connectivity index (χ4v) is 10.7. The van der Waals surface area contributed by atoms with E-state index in [0.717, 1.165) is 73.9 Å². The molecule has 1 saturated heterocycles. The lowest BCUT2D eigenvalue weighted by atomic mass is 9.90. The average Bonchev–Trinajstić information content (AvgIpc) is 4.15. The molecule has 19 nitrogen and oxygen atoms in total. The molecule has 2 aromatic heterocycles. The molecular formula is C53H65N11O8. The Labute approximate surface area is 420 Å². The van der Waals surface area contributed by atoms with E-state index in [0.29, 0.717) is 79.9 Å². The van der Waals surface area contributed by atoms with Crippen LogP contribution in [0.2, 0.25) is 0 Å². The first-order valence-corrected chi connectivity index (χ1v) is 25.3. The molecule has 2 saturated carbocycles. The van der Waals surface area contributed by atoms with Crippen LogP contribution in [0.4, 0.5) is 27.9 Å². The number of nitrogens with one attached hydrogen (secondary N) is 2. The van der Waals surface area contributed by atoms with Gasteiger partial charge in [-0.3, -0.25) is 24.5 Å². The zero-order valence-electron chi connectivity index (χ0n) is 42.1. The molecule has 3 aliphatic heterocycles. The zero-order valence-corrected chi connectivity index (χ0v) is 42.1. The number of aromatic nitrogens is 5. The van der Waals surface area contributed by atoms with Crippen molar-refractivity contribution in [1.82, 2.24) is 40.1 Å². The number of anilines is 4. The minimum absolute atomic E-state index is 0.0363. The second-order valence-corrected chi connectivity index (χ2v) is 20.3. The molecule has 0 bridgehead atoms. The summed E-state index contributed by atoms with van der Waals surface area (Å²) in [6, 6.07) is 10.6. The first-order chi connectivity index (χ1) is 34.7. The molecule has 0 radical (unpaired) electrons. The SMILES string of the molecule is CC[C@@H]1C(=O)N(C)c2cnc(Nc3ccc(-c4cn(C5CCC(N(CCOCCC#Cc6ccc7c(c6)CN(C6CCC(=O)NC6=O)C7=O)C(=O)OC(C)(C)C)CC5)nn4)cc3OC)nc2N1C1CCCC1. The molecule has 3 fully saturated rings. The number of ether oxygens (including phenoxy) is 3. The molecule has 380 valence electrons. The lowest BCUT2D eigenvalue weighted by Crippen LogP contribution is -2.55. The van der Waals surface area contributed by atoms with Crippen LogP contribution in [0, 0.1) is 11.8 Å². The van der Waals surface area contributed by atoms with Gasteiger partial charge in [-0.2, -0.15) is 4.98 Å². The van der Waals surface area contributed by atoms with Gasteiger partial charge in [0.05, 0.1) is 44.4 Å². The maximum absolute atomic E-state index is 13.6. The summed E-state index contributed by atoms with van der Waals surface area (Å²) >= 11 is 0. The summed E-state index contributed by atoms with van der Waals surface area (Å²) in [5.74, 6) is 7.18. The number of methoxy groups -OCH3 is 1. The topological polar surface area (TPSA) is 207 Å². The van der Waals surface area contributed by atoms with E-state index in [2.05, 4.69) is 49.6 Å². The highest BCUT2D eigenvalue weighted by Crippen LogP contribution is 2.41. The Hall–Kier alpha value is -7.07. The molecule has 5 amide bonds. The van der Waals surface area contributed by atoms with Crippen molar-refractivity contribution < 1.29 is 38.2 Å². The van der Waals surface area contributed by atoms with Gasteiger partial charge in [0.1, 0.15) is 34.8 Å². The number of benzene rings is 2. The van der Waals surface area contributed by atoms with E-state index in [1.165, 1.54) is 4.90 Å². The third-order valence-electron chi connectivity index (χ3n) is 14.4. The van der Waals surface area contributed by atoms with Crippen molar-refractivity contribution in [2.45, 2.75) is 147 Å². The molecule has 0 spiro atoms. The van der Waals surface area contributed by atoms with Crippen molar-refractivity contribution in [3.63, 3.8) is 0 Å². The van der Waals surface area contributed by atoms with Gasteiger partial charge in [-0.15, -0.1) is 5.10 Å². The van der Waals surface area contributed by atoms with Gasteiger partial charge in [-0.25, -0.2) is 14.5 Å². The summed E-state index contributed by atoms with van der Waals surface area (Å²) in [4.78, 5) is 80.9. The van der Waals surface area contributed by atoms with E-state index in [4.69, 9.17) is 19.2 Å². The standard InChI is InChI=1S/C53H65N11O8/c1-7-42-50(68)60(5)44-30-54-51(57-47(44)64(42)38-13-8-9-14-38)55-40-22-16-34(29-45(40)70-6)41-32-63(59-58-41)37-19-17-36(18-20-37)61(52(69)72-53(2,3)4)25-27-71-26-11-10-12-33-15-21-39-35(28-33)31-62(49(39)67)43-23-24-46(65)56-48(43)66/h15-16,21-22,28-30,32,36-38,42-43H,7-9,11,13-14,17-20,23-27,31H2,1-6H3,(H,54,55,57)(H,56,65,66)/t36?,37?,42-,43?/m1/s1. The Morgan fingerprint density at radius 2 is 1.76 bits per heavy atom. The average molecular weight is 984 g/mol. The molecule has 5 heterocycles. The summed E-state index contributed by atoms with van der Waals surface area (Å²) in [6.07, 6.45) is 12.5. The quantitative estimate of drug-likeness (QED) is 0.0747. The van der Waals surface area contributed by atoms with E-state index < -0.39 is 17.6 Å². The van der Waals surface area contributed by atoms with Crippen LogP contribution in [0.5, 0.6) is 5.75 Å². The molecule has 72 heavy (non-hydrogen) atoms. The van der Waals surface area contributed by atoms with Crippen LogP contribution in [-0.2, 0) is 30.4 Å². The molecule has 2 aliphatic carbocycles. The van der Waals surface area contributed by atoms with E-state index in [-0.39, 0.29) is 54.4 Å². The summed E-state index contributed by atoms with van der Waals surface area (Å²) < 4.78 is 19.6. The number of likely N-dealkylation sites (N-methyl/N-ethyl adjacent to an activating group) is 1. The minimum Gasteiger partial charge on any atom is -0.495 e. The van der Waals surface area contributed by atoms with Crippen LogP contribution in [0.3, 0.4) is 0 Å². The Balaban J connectivity index is 0.778. The number of imide groups is 1. The van der Waals surface area contributed by atoms with E-state index in [9.17, 15) is 24.0 Å². The van der Waals surface area contributed by atoms with E-state index >= 15 is 0 Å². The number of amides is 5. The summed E-state index contributed by atoms with van der Waals surface area (Å²) in [5.41, 5.74) is 4.39. The molecule has 2 N–H and O–H groups in total. The van der Waals surface area contributed by atoms with Crippen molar-refractivity contribution in [2.24, 2.45) is 0 Å². The molecule has 4 aromatic rings. The first-order valence-electron chi connectivity index (χ1n) is 25.3. The van der Waals surface area contributed by atoms with E-state index in [1.807, 2.05) is 55.9 Å². The van der Waals surface area contributed by atoms with Crippen LogP contribution in [0.1, 0.15) is 132 Å². The number of rotatable bonds is 14. The number of carbonyl (C=O) groups excluding carboxylic acids is 5. The molecule has 2 aromatic carbocycles. The predicted molar refractivity (Wildman–Crippen MR) is 269 cm³/mol. The minimum atomic E-state index is -0.665. The van der Waals surface area contributed by atoms with Gasteiger partial charge >= 0.3 is 6.09 Å². The third-order valence-corrected chi connectivity index (χ3v) is 14.4. The van der Waals surface area contributed by atoms with Gasteiger partial charge in [0, 0.05) is 61.8 Å². The molecule has 1 unspecified atom stereocenters. The molecule has 5 aliphatic rings. The van der Waals surface area contributed by atoms with Crippen LogP contribution in [0.15, 0.2) is 48.8 Å². The number of hydrogen-bond acceptors (Lipinski definition) is 14. The Morgan fingerprint density at radius 1 is 0.972 bits per heavy atom. The maximum Gasteiger partial charge on any atom is 0.410 e. The van der Waals surface area contributed by atoms with Gasteiger partial charge in [0.2, 0.25) is 23.7 Å². The Bertz CT molecular complexity index is 2760. The second-order valence-electron chi connectivity index (χ2n) is 20.3. The van der Waals surface area contributed by atoms with Crippen LogP contribution < -0.4 is 25.2 Å². The lowest BCUT2D eigenvalue weighted by molar-refractivity contribution is -0.137. The Morgan fingerprint density at radius 3 is 2.50 bits per heavy atom. The molecular weight excluding hydrogens is 919 g/mol. The predicted octanol–water partition coefficient (Wildman–Crippen LogP) is 6.93. The number of nitrogens with zero attached hydrogens (tertiary/aromatic N) is 9. The number of carbonyl (C=O) groups is 5. The second kappa shape index (κ2) is 21.3. The van der Waals surface area contributed by atoms with Gasteiger partial charge < -0.3 is 39.1 Å². The number of fused-ring (bicyclic) bond motifs is 2. The molecule has 9 rings (SSSR count). The van der Waals surface area contributed by atoms with Gasteiger partial charge in [0.15, 0.2) is 5.82 Å². The highest BCUT2D eigenvalue weighted by molar-refractivity contribution is 6.06. The summed E-state index contributed by atoms with van der Waals surface area (Å²) in [6.45, 7) is 9.00. The van der Waals surface area contributed by atoms with Gasteiger partial charge in [-0.05, 0) is 108 Å². The monoisotopic (exact) mass is 984 g/mol. The summed E-state index contributed by atoms with van der Waals surface area (Å²) in [7, 11) is 3.42. The van der Waals surface area contributed by atoms with Gasteiger partial charge in [0.25, 0.3) is 5.91 Å². The fraction of sp³-hybridized carbons (Fsp3) is 0.528. The van der Waals surface area contributed by atoms with Gasteiger partial charge in [-0.1, -0.05) is 42.9 Å². The van der Waals surface area contributed by atoms with Crippen molar-refractivity contribution in [2.75, 3.05) is 49.0 Å². The van der Waals surface area contributed by atoms with Crippen molar-refractivity contribution in [3.8, 4) is 28.8 Å². The van der Waals surface area contributed by atoms with Crippen LogP contribution >= 0.6 is 0 Å². The highest BCUT2D eigenvalue weighted by Gasteiger charge is 2.42. The largest absolute Gasteiger partial charge is 0.495 e. The first kappa shape index (κ1) is 49.9. The third kappa shape index (κ3) is 10.7. The smallest absolute Gasteiger partial charge is 0.410 e. The number of piperidine rings is 1. The highest BCUT2D eigenvalue weighted by atomic mass is 16.6. The van der Waals surface area contributed by atoms with Crippen LogP contribution in [0.25, 0.3) is 11.3 Å².